The molecule has 0 aromatic heterocycles. The Morgan fingerprint density at radius 3 is 2.50 bits per heavy atom. The Hall–Kier alpha value is -1.06. The molecule has 2 saturated carbocycles. The van der Waals surface area contributed by atoms with E-state index in [9.17, 15) is 9.59 Å². The molecule has 0 radical (unpaired) electrons. The van der Waals surface area contributed by atoms with Gasteiger partial charge in [-0.1, -0.05) is 19.8 Å². The van der Waals surface area contributed by atoms with E-state index in [4.69, 9.17) is 5.11 Å². The summed E-state index contributed by atoms with van der Waals surface area (Å²) in [7, 11) is 0. The lowest BCUT2D eigenvalue weighted by Crippen LogP contribution is -2.38. The third kappa shape index (κ3) is 2.85. The summed E-state index contributed by atoms with van der Waals surface area (Å²) in [4.78, 5) is 23.1. The maximum atomic E-state index is 12.1. The highest BCUT2D eigenvalue weighted by atomic mass is 16.4. The third-order valence-electron chi connectivity index (χ3n) is 4.54. The number of hydrogen-bond donors (Lipinski definition) is 2. The van der Waals surface area contributed by atoms with Gasteiger partial charge in [-0.25, -0.2) is 0 Å². The molecule has 0 bridgehead atoms. The van der Waals surface area contributed by atoms with Crippen molar-refractivity contribution in [2.75, 3.05) is 6.54 Å². The van der Waals surface area contributed by atoms with Crippen molar-refractivity contribution >= 4 is 11.9 Å². The minimum Gasteiger partial charge on any atom is -0.481 e. The zero-order valence-electron chi connectivity index (χ0n) is 11.1. The van der Waals surface area contributed by atoms with Gasteiger partial charge in [-0.15, -0.1) is 0 Å². The van der Waals surface area contributed by atoms with Crippen LogP contribution in [0.25, 0.3) is 0 Å². The summed E-state index contributed by atoms with van der Waals surface area (Å²) >= 11 is 0. The van der Waals surface area contributed by atoms with Crippen LogP contribution in [0.1, 0.15) is 51.9 Å². The molecule has 0 aromatic carbocycles. The predicted molar refractivity (Wildman–Crippen MR) is 68.1 cm³/mol. The summed E-state index contributed by atoms with van der Waals surface area (Å²) < 4.78 is 0. The minimum absolute atomic E-state index is 0.0396. The molecular formula is C14H23NO3. The molecule has 18 heavy (non-hydrogen) atoms. The van der Waals surface area contributed by atoms with E-state index in [0.717, 1.165) is 25.8 Å². The van der Waals surface area contributed by atoms with Crippen molar-refractivity contribution < 1.29 is 14.7 Å². The molecule has 4 nitrogen and oxygen atoms in total. The van der Waals surface area contributed by atoms with Crippen LogP contribution in [0, 0.1) is 17.3 Å². The fraction of sp³-hybridized carbons (Fsp3) is 0.857. The first-order chi connectivity index (χ1) is 8.58. The first kappa shape index (κ1) is 13.4. The standard InChI is InChI=1S/C14H23NO3/c1-2-6-14(7-8-14)9-15-12(16)10-4-3-5-11(10)13(17)18/h10-11H,2-9H2,1H3,(H,15,16)(H,17,18). The topological polar surface area (TPSA) is 66.4 Å². The molecule has 2 unspecified atom stereocenters. The molecule has 2 atom stereocenters. The van der Waals surface area contributed by atoms with Crippen LogP contribution < -0.4 is 5.32 Å². The molecule has 2 fully saturated rings. The van der Waals surface area contributed by atoms with Gasteiger partial charge in [-0.2, -0.15) is 0 Å². The molecule has 0 aliphatic heterocycles. The second kappa shape index (κ2) is 5.29. The number of carboxylic acid groups (broad SMARTS) is 1. The van der Waals surface area contributed by atoms with Crippen molar-refractivity contribution in [1.29, 1.82) is 0 Å². The van der Waals surface area contributed by atoms with Crippen molar-refractivity contribution in [2.24, 2.45) is 17.3 Å². The van der Waals surface area contributed by atoms with Crippen LogP contribution in [-0.4, -0.2) is 23.5 Å². The van der Waals surface area contributed by atoms with Crippen molar-refractivity contribution in [3.05, 3.63) is 0 Å². The minimum atomic E-state index is -0.817. The van der Waals surface area contributed by atoms with Crippen molar-refractivity contribution in [2.45, 2.75) is 51.9 Å². The van der Waals surface area contributed by atoms with Crippen molar-refractivity contribution in [1.82, 2.24) is 5.32 Å². The van der Waals surface area contributed by atoms with Crippen LogP contribution in [0.3, 0.4) is 0 Å². The van der Waals surface area contributed by atoms with E-state index in [1.807, 2.05) is 0 Å². The Balaban J connectivity index is 1.83. The molecule has 2 aliphatic rings. The number of carbonyl (C=O) groups excluding carboxylic acids is 1. The number of carbonyl (C=O) groups is 2. The van der Waals surface area contributed by atoms with Crippen molar-refractivity contribution in [3.8, 4) is 0 Å². The van der Waals surface area contributed by atoms with Crippen LogP contribution in [0.15, 0.2) is 0 Å². The van der Waals surface area contributed by atoms with Crippen LogP contribution in [0.5, 0.6) is 0 Å². The van der Waals surface area contributed by atoms with Gasteiger partial charge in [0.15, 0.2) is 0 Å². The lowest BCUT2D eigenvalue weighted by molar-refractivity contribution is -0.146. The van der Waals surface area contributed by atoms with E-state index >= 15 is 0 Å². The van der Waals surface area contributed by atoms with Gasteiger partial charge >= 0.3 is 5.97 Å². The highest BCUT2D eigenvalue weighted by molar-refractivity contribution is 5.85. The van der Waals surface area contributed by atoms with Gasteiger partial charge in [0.1, 0.15) is 0 Å². The number of amides is 1. The number of hydrogen-bond acceptors (Lipinski definition) is 2. The zero-order chi connectivity index (χ0) is 13.2. The Bertz CT molecular complexity index is 336. The first-order valence-electron chi connectivity index (χ1n) is 7.08. The van der Waals surface area contributed by atoms with E-state index in [0.29, 0.717) is 11.8 Å². The SMILES string of the molecule is CCCC1(CNC(=O)C2CCCC2C(=O)O)CC1. The van der Waals surface area contributed by atoms with Gasteiger partial charge < -0.3 is 10.4 Å². The highest BCUT2D eigenvalue weighted by Gasteiger charge is 2.43. The highest BCUT2D eigenvalue weighted by Crippen LogP contribution is 2.49. The van der Waals surface area contributed by atoms with E-state index < -0.39 is 11.9 Å². The molecule has 2 N–H and O–H groups in total. The van der Waals surface area contributed by atoms with E-state index in [1.54, 1.807) is 0 Å². The molecule has 0 saturated heterocycles. The van der Waals surface area contributed by atoms with Gasteiger partial charge in [0.2, 0.25) is 5.91 Å². The quantitative estimate of drug-likeness (QED) is 0.762. The Kier molecular flexibility index (Phi) is 3.93. The molecule has 0 spiro atoms. The Morgan fingerprint density at radius 2 is 1.94 bits per heavy atom. The lowest BCUT2D eigenvalue weighted by Gasteiger charge is -2.19. The van der Waals surface area contributed by atoms with Crippen LogP contribution >= 0.6 is 0 Å². The van der Waals surface area contributed by atoms with Crippen LogP contribution in [0.4, 0.5) is 0 Å². The first-order valence-corrected chi connectivity index (χ1v) is 7.08. The maximum absolute atomic E-state index is 12.1. The van der Waals surface area contributed by atoms with Crippen LogP contribution in [-0.2, 0) is 9.59 Å². The fourth-order valence-electron chi connectivity index (χ4n) is 3.20. The number of rotatable bonds is 6. The molecule has 2 aliphatic carbocycles. The summed E-state index contributed by atoms with van der Waals surface area (Å²) in [6, 6.07) is 0. The number of carboxylic acids is 1. The van der Waals surface area contributed by atoms with Gasteiger partial charge in [-0.3, -0.25) is 9.59 Å². The molecule has 102 valence electrons. The Labute approximate surface area is 108 Å². The molecule has 0 aromatic rings. The fourth-order valence-corrected chi connectivity index (χ4v) is 3.20. The average molecular weight is 253 g/mol. The van der Waals surface area contributed by atoms with Crippen molar-refractivity contribution in [3.63, 3.8) is 0 Å². The van der Waals surface area contributed by atoms with E-state index in [-0.39, 0.29) is 11.8 Å². The van der Waals surface area contributed by atoms with Gasteiger partial charge in [0.25, 0.3) is 0 Å². The van der Waals surface area contributed by atoms with Gasteiger partial charge in [-0.05, 0) is 37.5 Å². The molecule has 1 amide bonds. The summed E-state index contributed by atoms with van der Waals surface area (Å²) in [5, 5.41) is 12.1. The maximum Gasteiger partial charge on any atom is 0.307 e. The van der Waals surface area contributed by atoms with Crippen LogP contribution in [0.2, 0.25) is 0 Å². The zero-order valence-corrected chi connectivity index (χ0v) is 11.1. The number of nitrogens with one attached hydrogen (secondary N) is 1. The summed E-state index contributed by atoms with van der Waals surface area (Å²) in [6.07, 6.45) is 6.95. The normalized spacial score (nSPS) is 28.9. The molecule has 2 rings (SSSR count). The Morgan fingerprint density at radius 1 is 1.28 bits per heavy atom. The lowest BCUT2D eigenvalue weighted by atomic mass is 9.94. The average Bonchev–Trinajstić information content (AvgIpc) is 2.92. The summed E-state index contributed by atoms with van der Waals surface area (Å²) in [5.74, 6) is -1.63. The second-order valence-electron chi connectivity index (χ2n) is 5.95. The summed E-state index contributed by atoms with van der Waals surface area (Å²) in [5.41, 5.74) is 0.335. The van der Waals surface area contributed by atoms with Gasteiger partial charge in [0.05, 0.1) is 11.8 Å². The van der Waals surface area contributed by atoms with Gasteiger partial charge in [0, 0.05) is 6.54 Å². The third-order valence-corrected chi connectivity index (χ3v) is 4.54. The molecular weight excluding hydrogens is 230 g/mol. The van der Waals surface area contributed by atoms with E-state index in [2.05, 4.69) is 12.2 Å². The largest absolute Gasteiger partial charge is 0.481 e. The summed E-state index contributed by atoms with van der Waals surface area (Å²) in [6.45, 7) is 2.90. The predicted octanol–water partition coefficient (Wildman–Crippen LogP) is 2.18. The molecule has 4 heteroatoms. The molecule has 0 heterocycles. The monoisotopic (exact) mass is 253 g/mol. The van der Waals surface area contributed by atoms with E-state index in [1.165, 1.54) is 19.3 Å². The second-order valence-corrected chi connectivity index (χ2v) is 5.95. The smallest absolute Gasteiger partial charge is 0.307 e. The number of aliphatic carboxylic acids is 1.